The number of hydrogen-bond acceptors (Lipinski definition) is 3. The zero-order valence-electron chi connectivity index (χ0n) is 11.8. The van der Waals surface area contributed by atoms with Crippen LogP contribution in [-0.2, 0) is 17.9 Å². The van der Waals surface area contributed by atoms with Crippen molar-refractivity contribution in [2.24, 2.45) is 5.41 Å². The minimum Gasteiger partial charge on any atom is -0.396 e. The van der Waals surface area contributed by atoms with E-state index in [0.29, 0.717) is 13.2 Å². The molecule has 3 nitrogen and oxygen atoms in total. The standard InChI is InChI=1S/C16H25NO2/c1-19-11-15-6-4-5-14(9-15)10-17-12-16(13-18)7-2-3-8-16/h4-6,9,17-18H,2-3,7-8,10-13H2,1H3. The Morgan fingerprint density at radius 2 is 2.00 bits per heavy atom. The molecule has 0 saturated heterocycles. The SMILES string of the molecule is COCc1cccc(CNCC2(CO)CCCC2)c1. The quantitative estimate of drug-likeness (QED) is 0.794. The van der Waals surface area contributed by atoms with Gasteiger partial charge >= 0.3 is 0 Å². The van der Waals surface area contributed by atoms with Crippen molar-refractivity contribution in [1.29, 1.82) is 0 Å². The molecule has 0 atom stereocenters. The molecule has 1 aliphatic rings. The summed E-state index contributed by atoms with van der Waals surface area (Å²) in [5.41, 5.74) is 2.62. The van der Waals surface area contributed by atoms with E-state index in [4.69, 9.17) is 4.74 Å². The fraction of sp³-hybridized carbons (Fsp3) is 0.625. The highest BCUT2D eigenvalue weighted by molar-refractivity contribution is 5.22. The number of ether oxygens (including phenoxy) is 1. The zero-order valence-corrected chi connectivity index (χ0v) is 11.8. The second-order valence-corrected chi connectivity index (χ2v) is 5.72. The molecule has 0 spiro atoms. The Balaban J connectivity index is 1.83. The summed E-state index contributed by atoms with van der Waals surface area (Å²) >= 11 is 0. The van der Waals surface area contributed by atoms with E-state index in [1.165, 1.54) is 24.0 Å². The van der Waals surface area contributed by atoms with Gasteiger partial charge in [0.15, 0.2) is 0 Å². The lowest BCUT2D eigenvalue weighted by Crippen LogP contribution is -2.34. The third kappa shape index (κ3) is 4.03. The molecule has 1 fully saturated rings. The summed E-state index contributed by atoms with van der Waals surface area (Å²) < 4.78 is 5.15. The van der Waals surface area contributed by atoms with E-state index < -0.39 is 0 Å². The number of nitrogens with one attached hydrogen (secondary N) is 1. The van der Waals surface area contributed by atoms with Crippen LogP contribution >= 0.6 is 0 Å². The van der Waals surface area contributed by atoms with Gasteiger partial charge in [0.1, 0.15) is 0 Å². The first-order valence-electron chi connectivity index (χ1n) is 7.16. The molecule has 0 aromatic heterocycles. The van der Waals surface area contributed by atoms with Gasteiger partial charge in [-0.1, -0.05) is 37.1 Å². The van der Waals surface area contributed by atoms with Crippen molar-refractivity contribution in [3.8, 4) is 0 Å². The molecule has 3 heteroatoms. The van der Waals surface area contributed by atoms with Gasteiger partial charge in [-0.15, -0.1) is 0 Å². The molecule has 0 bridgehead atoms. The molecule has 106 valence electrons. The number of rotatable bonds is 7. The summed E-state index contributed by atoms with van der Waals surface area (Å²) in [7, 11) is 1.72. The molecule has 0 amide bonds. The lowest BCUT2D eigenvalue weighted by molar-refractivity contribution is 0.128. The van der Waals surface area contributed by atoms with Crippen molar-refractivity contribution >= 4 is 0 Å². The van der Waals surface area contributed by atoms with Crippen molar-refractivity contribution in [2.45, 2.75) is 38.8 Å². The molecule has 19 heavy (non-hydrogen) atoms. The second kappa shape index (κ2) is 7.04. The average molecular weight is 263 g/mol. The maximum Gasteiger partial charge on any atom is 0.0713 e. The molecule has 1 aromatic rings. The first-order valence-corrected chi connectivity index (χ1v) is 7.16. The van der Waals surface area contributed by atoms with Crippen LogP contribution in [0, 0.1) is 5.41 Å². The van der Waals surface area contributed by atoms with E-state index in [0.717, 1.165) is 25.9 Å². The van der Waals surface area contributed by atoms with Crippen LogP contribution in [-0.4, -0.2) is 25.4 Å². The van der Waals surface area contributed by atoms with Gasteiger partial charge in [0.25, 0.3) is 0 Å². The number of methoxy groups -OCH3 is 1. The Hall–Kier alpha value is -0.900. The van der Waals surface area contributed by atoms with E-state index >= 15 is 0 Å². The van der Waals surface area contributed by atoms with Crippen molar-refractivity contribution < 1.29 is 9.84 Å². The third-order valence-electron chi connectivity index (χ3n) is 4.13. The summed E-state index contributed by atoms with van der Waals surface area (Å²) in [6.45, 7) is 2.75. The van der Waals surface area contributed by atoms with Gasteiger partial charge in [0, 0.05) is 32.2 Å². The van der Waals surface area contributed by atoms with Crippen molar-refractivity contribution in [1.82, 2.24) is 5.32 Å². The Morgan fingerprint density at radius 3 is 2.68 bits per heavy atom. The highest BCUT2D eigenvalue weighted by Gasteiger charge is 2.32. The molecule has 0 aliphatic heterocycles. The highest BCUT2D eigenvalue weighted by atomic mass is 16.5. The van der Waals surface area contributed by atoms with Crippen LogP contribution in [0.2, 0.25) is 0 Å². The van der Waals surface area contributed by atoms with E-state index in [2.05, 4.69) is 29.6 Å². The zero-order chi connectivity index (χ0) is 13.6. The van der Waals surface area contributed by atoms with Crippen molar-refractivity contribution in [2.75, 3.05) is 20.3 Å². The second-order valence-electron chi connectivity index (χ2n) is 5.72. The topological polar surface area (TPSA) is 41.5 Å². The van der Waals surface area contributed by atoms with Crippen LogP contribution in [0.3, 0.4) is 0 Å². The summed E-state index contributed by atoms with van der Waals surface area (Å²) in [5.74, 6) is 0. The normalized spacial score (nSPS) is 17.8. The molecule has 1 aliphatic carbocycles. The Morgan fingerprint density at radius 1 is 1.26 bits per heavy atom. The van der Waals surface area contributed by atoms with Crippen molar-refractivity contribution in [3.05, 3.63) is 35.4 Å². The van der Waals surface area contributed by atoms with Gasteiger partial charge < -0.3 is 15.2 Å². The van der Waals surface area contributed by atoms with E-state index in [1.807, 2.05) is 0 Å². The minimum absolute atomic E-state index is 0.129. The number of aliphatic hydroxyl groups excluding tert-OH is 1. The number of aliphatic hydroxyl groups is 1. The molecule has 0 unspecified atom stereocenters. The predicted molar refractivity (Wildman–Crippen MR) is 76.8 cm³/mol. The maximum absolute atomic E-state index is 9.57. The third-order valence-corrected chi connectivity index (χ3v) is 4.13. The van der Waals surface area contributed by atoms with Crippen LogP contribution in [0.4, 0.5) is 0 Å². The smallest absolute Gasteiger partial charge is 0.0713 e. The van der Waals surface area contributed by atoms with Gasteiger partial charge in [-0.05, 0) is 24.0 Å². The van der Waals surface area contributed by atoms with Crippen LogP contribution in [0.25, 0.3) is 0 Å². The minimum atomic E-state index is 0.129. The van der Waals surface area contributed by atoms with Gasteiger partial charge in [-0.2, -0.15) is 0 Å². The molecular weight excluding hydrogens is 238 g/mol. The first kappa shape index (κ1) is 14.5. The first-order chi connectivity index (χ1) is 9.28. The average Bonchev–Trinajstić information content (AvgIpc) is 2.89. The van der Waals surface area contributed by atoms with Crippen LogP contribution in [0.1, 0.15) is 36.8 Å². The van der Waals surface area contributed by atoms with Crippen LogP contribution in [0.5, 0.6) is 0 Å². The predicted octanol–water partition coefficient (Wildman–Crippen LogP) is 2.48. The van der Waals surface area contributed by atoms with Gasteiger partial charge in [-0.3, -0.25) is 0 Å². The molecule has 0 heterocycles. The summed E-state index contributed by atoms with van der Waals surface area (Å²) in [6.07, 6.45) is 4.82. The van der Waals surface area contributed by atoms with Crippen LogP contribution in [0.15, 0.2) is 24.3 Å². The highest BCUT2D eigenvalue weighted by Crippen LogP contribution is 2.36. The molecule has 1 saturated carbocycles. The van der Waals surface area contributed by atoms with Gasteiger partial charge in [0.2, 0.25) is 0 Å². The molecule has 2 N–H and O–H groups in total. The largest absolute Gasteiger partial charge is 0.396 e. The summed E-state index contributed by atoms with van der Waals surface area (Å²) in [4.78, 5) is 0. The fourth-order valence-corrected chi connectivity index (χ4v) is 2.98. The maximum atomic E-state index is 9.57. The monoisotopic (exact) mass is 263 g/mol. The van der Waals surface area contributed by atoms with E-state index in [1.54, 1.807) is 7.11 Å². The van der Waals surface area contributed by atoms with Crippen LogP contribution < -0.4 is 5.32 Å². The Labute approximate surface area is 116 Å². The van der Waals surface area contributed by atoms with Gasteiger partial charge in [-0.25, -0.2) is 0 Å². The number of hydrogen-bond donors (Lipinski definition) is 2. The summed E-state index contributed by atoms with van der Waals surface area (Å²) in [6, 6.07) is 8.46. The molecular formula is C16H25NO2. The Bertz CT molecular complexity index is 386. The Kier molecular flexibility index (Phi) is 5.37. The van der Waals surface area contributed by atoms with Crippen molar-refractivity contribution in [3.63, 3.8) is 0 Å². The fourth-order valence-electron chi connectivity index (χ4n) is 2.98. The van der Waals surface area contributed by atoms with Gasteiger partial charge in [0.05, 0.1) is 6.61 Å². The van der Waals surface area contributed by atoms with E-state index in [9.17, 15) is 5.11 Å². The molecule has 2 rings (SSSR count). The summed E-state index contributed by atoms with van der Waals surface area (Å²) in [5, 5.41) is 13.1. The lowest BCUT2D eigenvalue weighted by atomic mass is 9.87. The number of benzene rings is 1. The lowest BCUT2D eigenvalue weighted by Gasteiger charge is -2.26. The molecule has 0 radical (unpaired) electrons. The van der Waals surface area contributed by atoms with E-state index in [-0.39, 0.29) is 5.41 Å². The molecule has 1 aromatic carbocycles.